The quantitative estimate of drug-likeness (QED) is 0.168. The smallest absolute Gasteiger partial charge is 0.325 e. The van der Waals surface area contributed by atoms with Crippen molar-refractivity contribution in [1.82, 2.24) is 19.7 Å². The number of ether oxygens (including phenoxy) is 1. The first kappa shape index (κ1) is 42.8. The summed E-state index contributed by atoms with van der Waals surface area (Å²) in [5.41, 5.74) is 1.63. The maximum Gasteiger partial charge on any atom is 0.325 e. The molecule has 3 aliphatic rings. The van der Waals surface area contributed by atoms with Crippen molar-refractivity contribution in [2.45, 2.75) is 143 Å². The lowest BCUT2D eigenvalue weighted by molar-refractivity contribution is -0.137. The highest BCUT2D eigenvalue weighted by Gasteiger charge is 2.37. The fourth-order valence-corrected chi connectivity index (χ4v) is 8.45. The molecule has 1 aromatic carbocycles. The molecule has 8 nitrogen and oxygen atoms in total. The third-order valence-electron chi connectivity index (χ3n) is 11.4. The van der Waals surface area contributed by atoms with Gasteiger partial charge in [0.25, 0.3) is 0 Å². The Morgan fingerprint density at radius 1 is 1.00 bits per heavy atom. The predicted molar refractivity (Wildman–Crippen MR) is 226 cm³/mol. The molecule has 1 aliphatic heterocycles. The summed E-state index contributed by atoms with van der Waals surface area (Å²) in [6, 6.07) is 10.0. The fourth-order valence-electron chi connectivity index (χ4n) is 8.16. The first-order valence-electron chi connectivity index (χ1n) is 20.5. The van der Waals surface area contributed by atoms with Crippen LogP contribution in [0.1, 0.15) is 130 Å². The highest BCUT2D eigenvalue weighted by molar-refractivity contribution is 6.31. The minimum atomic E-state index is -0.626. The van der Waals surface area contributed by atoms with Crippen LogP contribution >= 0.6 is 23.2 Å². The van der Waals surface area contributed by atoms with Gasteiger partial charge in [-0.2, -0.15) is 0 Å². The normalized spacial score (nSPS) is 19.0. The van der Waals surface area contributed by atoms with Crippen LogP contribution in [0.4, 0.5) is 4.79 Å². The number of hydrogen-bond acceptors (Lipinski definition) is 5. The van der Waals surface area contributed by atoms with Crippen LogP contribution in [0.15, 0.2) is 64.8 Å². The Morgan fingerprint density at radius 2 is 1.67 bits per heavy atom. The van der Waals surface area contributed by atoms with Crippen molar-refractivity contribution in [2.75, 3.05) is 19.7 Å². The van der Waals surface area contributed by atoms with Crippen molar-refractivity contribution in [3.63, 3.8) is 0 Å². The maximum atomic E-state index is 15.1. The molecule has 0 N–H and O–H groups in total. The summed E-state index contributed by atoms with van der Waals surface area (Å²) >= 11 is 12.7. The largest absolute Gasteiger partial charge is 0.493 e. The molecule has 300 valence electrons. The third-order valence-corrected chi connectivity index (χ3v) is 12.0. The summed E-state index contributed by atoms with van der Waals surface area (Å²) in [7, 11) is 0. The van der Waals surface area contributed by atoms with Gasteiger partial charge in [0.15, 0.2) is 0 Å². The van der Waals surface area contributed by atoms with Crippen LogP contribution in [0.5, 0.6) is 5.75 Å². The Balaban J connectivity index is 1.50. The standard InChI is InChI=1S/C45H63Cl2N5O3/c1-9-55-39-28-40(44(4,5)6)48-29-38(39)42(49-45(7,8)34-17-21-36(47)22-18-34)51(30-33-15-19-35(46)20-16-33)43(54)50-25-23-32(24-26-50)27-41(53)52(31(2)3)37-13-11-10-12-14-37/h15-17,19-22,28-29,31-32,34,37H,9-14,18,23-27,30H2,1-8H3/b49-42-. The number of urea groups is 1. The number of halogens is 2. The number of likely N-dealkylation sites (tertiary alicyclic amines) is 1. The number of rotatable bonds is 11. The Labute approximate surface area is 340 Å². The van der Waals surface area contributed by atoms with Crippen molar-refractivity contribution in [1.29, 1.82) is 0 Å². The van der Waals surface area contributed by atoms with E-state index in [1.54, 1.807) is 4.90 Å². The lowest BCUT2D eigenvalue weighted by atomic mass is 9.83. The van der Waals surface area contributed by atoms with Crippen molar-refractivity contribution in [3.05, 3.63) is 81.6 Å². The molecular formula is C45H63Cl2N5O3. The van der Waals surface area contributed by atoms with Gasteiger partial charge in [-0.15, -0.1) is 0 Å². The monoisotopic (exact) mass is 791 g/mol. The van der Waals surface area contributed by atoms with Gasteiger partial charge in [-0.05, 0) is 96.4 Å². The molecule has 1 saturated carbocycles. The van der Waals surface area contributed by atoms with Gasteiger partial charge in [0, 0.05) is 70.9 Å². The predicted octanol–water partition coefficient (Wildman–Crippen LogP) is 10.9. The topological polar surface area (TPSA) is 78.3 Å². The number of nitrogens with zero attached hydrogens (tertiary/aromatic N) is 5. The number of allylic oxidation sites excluding steroid dienone is 3. The zero-order valence-corrected chi connectivity index (χ0v) is 35.9. The van der Waals surface area contributed by atoms with E-state index in [0.717, 1.165) is 43.4 Å². The van der Waals surface area contributed by atoms with E-state index in [9.17, 15) is 4.79 Å². The average molecular weight is 793 g/mol. The average Bonchev–Trinajstić information content (AvgIpc) is 3.14. The lowest BCUT2D eigenvalue weighted by Crippen LogP contribution is -2.50. The van der Waals surface area contributed by atoms with Gasteiger partial charge in [0.2, 0.25) is 5.91 Å². The summed E-state index contributed by atoms with van der Waals surface area (Å²) in [5, 5.41) is 1.34. The van der Waals surface area contributed by atoms with Crippen LogP contribution in [0, 0.1) is 11.8 Å². The van der Waals surface area contributed by atoms with Crippen molar-refractivity contribution in [3.8, 4) is 5.75 Å². The van der Waals surface area contributed by atoms with Crippen LogP contribution in [-0.4, -0.2) is 74.8 Å². The number of amidine groups is 1. The van der Waals surface area contributed by atoms with E-state index in [2.05, 4.69) is 59.4 Å². The zero-order valence-electron chi connectivity index (χ0n) is 34.4. The van der Waals surface area contributed by atoms with Crippen LogP contribution in [0.2, 0.25) is 5.02 Å². The molecule has 2 fully saturated rings. The highest BCUT2D eigenvalue weighted by atomic mass is 35.5. The van der Waals surface area contributed by atoms with E-state index in [-0.39, 0.29) is 41.8 Å². The van der Waals surface area contributed by atoms with Gasteiger partial charge in [-0.25, -0.2) is 4.79 Å². The molecule has 0 radical (unpaired) electrons. The molecule has 5 rings (SSSR count). The fraction of sp³-hybridized carbons (Fsp3) is 0.600. The van der Waals surface area contributed by atoms with E-state index in [0.29, 0.717) is 59.4 Å². The van der Waals surface area contributed by atoms with Gasteiger partial charge in [-0.1, -0.05) is 87.5 Å². The molecule has 2 heterocycles. The molecule has 55 heavy (non-hydrogen) atoms. The molecular weight excluding hydrogens is 729 g/mol. The summed E-state index contributed by atoms with van der Waals surface area (Å²) in [5.74, 6) is 1.68. The number of pyridine rings is 1. The number of aliphatic imine (C=N–C) groups is 1. The maximum absolute atomic E-state index is 15.1. The molecule has 0 bridgehead atoms. The molecule has 3 amide bonds. The minimum absolute atomic E-state index is 0.0436. The van der Waals surface area contributed by atoms with Gasteiger partial charge < -0.3 is 14.5 Å². The van der Waals surface area contributed by atoms with E-state index in [1.807, 2.05) is 60.5 Å². The Bertz CT molecular complexity index is 1710. The number of piperidine rings is 1. The molecule has 1 saturated heterocycles. The van der Waals surface area contributed by atoms with Gasteiger partial charge in [0.05, 0.1) is 24.3 Å². The molecule has 10 heteroatoms. The second-order valence-corrected chi connectivity index (χ2v) is 18.3. The number of aromatic nitrogens is 1. The number of carbonyl (C=O) groups excluding carboxylic acids is 2. The van der Waals surface area contributed by atoms with Gasteiger partial charge in [-0.3, -0.25) is 19.7 Å². The highest BCUT2D eigenvalue weighted by Crippen LogP contribution is 2.35. The first-order chi connectivity index (χ1) is 26.1. The summed E-state index contributed by atoms with van der Waals surface area (Å²) in [6.07, 6.45) is 16.5. The van der Waals surface area contributed by atoms with Crippen molar-refractivity contribution < 1.29 is 14.3 Å². The minimum Gasteiger partial charge on any atom is -0.493 e. The number of hydrogen-bond donors (Lipinski definition) is 0. The lowest BCUT2D eigenvalue weighted by Gasteiger charge is -2.40. The Hall–Kier alpha value is -3.36. The van der Waals surface area contributed by atoms with Crippen LogP contribution in [-0.2, 0) is 16.8 Å². The number of benzene rings is 1. The van der Waals surface area contributed by atoms with Gasteiger partial charge in [0.1, 0.15) is 11.6 Å². The SMILES string of the molecule is CCOc1cc(C(C)(C)C)ncc1/C(=N/C(C)(C)C1C=CC(Cl)=CC1)N(Cc1ccc(Cl)cc1)C(=O)N1CCC(CC(=O)N(C(C)C)C2CCCCC2)CC1. The van der Waals surface area contributed by atoms with Crippen molar-refractivity contribution in [2.24, 2.45) is 16.8 Å². The van der Waals surface area contributed by atoms with Crippen LogP contribution in [0.25, 0.3) is 0 Å². The van der Waals surface area contributed by atoms with Crippen LogP contribution in [0.3, 0.4) is 0 Å². The van der Waals surface area contributed by atoms with Gasteiger partial charge >= 0.3 is 6.03 Å². The van der Waals surface area contributed by atoms with E-state index in [4.69, 9.17) is 37.9 Å². The van der Waals surface area contributed by atoms with E-state index in [1.165, 1.54) is 19.3 Å². The number of carbonyl (C=O) groups is 2. The van der Waals surface area contributed by atoms with Crippen LogP contribution < -0.4 is 4.74 Å². The summed E-state index contributed by atoms with van der Waals surface area (Å²) in [4.78, 5) is 45.2. The Morgan fingerprint density at radius 3 is 2.25 bits per heavy atom. The Kier molecular flexibility index (Phi) is 14.6. The third kappa shape index (κ3) is 11.2. The summed E-state index contributed by atoms with van der Waals surface area (Å²) in [6.45, 7) is 18.7. The number of amides is 3. The molecule has 1 atom stereocenters. The molecule has 2 aromatic rings. The molecule has 1 aromatic heterocycles. The molecule has 1 unspecified atom stereocenters. The van der Waals surface area contributed by atoms with E-state index < -0.39 is 5.54 Å². The molecule has 2 aliphatic carbocycles. The van der Waals surface area contributed by atoms with E-state index >= 15 is 4.79 Å². The first-order valence-corrected chi connectivity index (χ1v) is 21.2. The summed E-state index contributed by atoms with van der Waals surface area (Å²) < 4.78 is 6.33. The molecule has 0 spiro atoms. The second-order valence-electron chi connectivity index (χ2n) is 17.4. The second kappa shape index (κ2) is 18.7. The zero-order chi connectivity index (χ0) is 39.9. The van der Waals surface area contributed by atoms with Crippen molar-refractivity contribution >= 4 is 41.0 Å².